The maximum absolute atomic E-state index is 12.8. The van der Waals surface area contributed by atoms with E-state index in [1.54, 1.807) is 37.4 Å². The van der Waals surface area contributed by atoms with Crippen LogP contribution in [0.25, 0.3) is 11.1 Å². The van der Waals surface area contributed by atoms with E-state index in [1.807, 2.05) is 0 Å². The van der Waals surface area contributed by atoms with Crippen molar-refractivity contribution in [2.45, 2.75) is 4.90 Å². The van der Waals surface area contributed by atoms with Gasteiger partial charge in [0, 0.05) is 5.56 Å². The van der Waals surface area contributed by atoms with Crippen LogP contribution in [0.1, 0.15) is 0 Å². The van der Waals surface area contributed by atoms with Crippen molar-refractivity contribution >= 4 is 31.8 Å². The molecule has 0 saturated carbocycles. The van der Waals surface area contributed by atoms with Crippen LogP contribution in [0.2, 0.25) is 0 Å². The standard InChI is InChI=1S/C17H16BrN3O4S/c1-24-12-5-3-11(4-6-12)14-10-21(20-17(14)19)26(22,23)13-7-8-16(25-2)15(18)9-13/h3-10H,1-2H3,(H2,19,20). The summed E-state index contributed by atoms with van der Waals surface area (Å²) >= 11 is 3.29. The van der Waals surface area contributed by atoms with Gasteiger partial charge in [0.05, 0.1) is 29.8 Å². The zero-order chi connectivity index (χ0) is 18.9. The first-order chi connectivity index (χ1) is 12.4. The minimum Gasteiger partial charge on any atom is -0.497 e. The molecule has 0 aliphatic carbocycles. The minimum absolute atomic E-state index is 0.0638. The van der Waals surface area contributed by atoms with Crippen molar-refractivity contribution in [3.05, 3.63) is 53.1 Å². The molecule has 0 bridgehead atoms. The van der Waals surface area contributed by atoms with Gasteiger partial charge in [-0.15, -0.1) is 5.10 Å². The molecule has 0 saturated heterocycles. The van der Waals surface area contributed by atoms with Crippen LogP contribution in [0, 0.1) is 0 Å². The molecule has 0 unspecified atom stereocenters. The first-order valence-corrected chi connectivity index (χ1v) is 9.69. The Morgan fingerprint density at radius 3 is 2.35 bits per heavy atom. The van der Waals surface area contributed by atoms with Gasteiger partial charge in [-0.3, -0.25) is 0 Å². The van der Waals surface area contributed by atoms with E-state index >= 15 is 0 Å². The van der Waals surface area contributed by atoms with Crippen LogP contribution in [-0.2, 0) is 10.0 Å². The summed E-state index contributed by atoms with van der Waals surface area (Å²) in [5.74, 6) is 1.34. The summed E-state index contributed by atoms with van der Waals surface area (Å²) < 4.78 is 37.3. The number of nitrogens with zero attached hydrogens (tertiary/aromatic N) is 2. The summed E-state index contributed by atoms with van der Waals surface area (Å²) in [5, 5.41) is 3.98. The number of nitrogens with two attached hydrogens (primary N) is 1. The molecule has 0 spiro atoms. The number of hydrogen-bond donors (Lipinski definition) is 1. The van der Waals surface area contributed by atoms with Crippen molar-refractivity contribution in [2.75, 3.05) is 20.0 Å². The SMILES string of the molecule is COc1ccc(-c2cn(S(=O)(=O)c3ccc(OC)c(Br)c3)nc2N)cc1. The molecule has 1 heterocycles. The summed E-state index contributed by atoms with van der Waals surface area (Å²) in [7, 11) is -0.820. The molecule has 0 fully saturated rings. The zero-order valence-electron chi connectivity index (χ0n) is 14.0. The van der Waals surface area contributed by atoms with Gasteiger partial charge in [0.2, 0.25) is 0 Å². The van der Waals surface area contributed by atoms with Crippen LogP contribution in [-0.4, -0.2) is 31.8 Å². The summed E-state index contributed by atoms with van der Waals surface area (Å²) in [6, 6.07) is 11.6. The highest BCUT2D eigenvalue weighted by molar-refractivity contribution is 9.10. The topological polar surface area (TPSA) is 96.4 Å². The fraction of sp³-hybridized carbons (Fsp3) is 0.118. The third-order valence-corrected chi connectivity index (χ3v) is 5.94. The van der Waals surface area contributed by atoms with Crippen molar-refractivity contribution in [3.8, 4) is 22.6 Å². The van der Waals surface area contributed by atoms with E-state index in [1.165, 1.54) is 25.4 Å². The molecule has 2 aromatic carbocycles. The zero-order valence-corrected chi connectivity index (χ0v) is 16.4. The second-order valence-electron chi connectivity index (χ2n) is 5.33. The lowest BCUT2D eigenvalue weighted by atomic mass is 10.1. The van der Waals surface area contributed by atoms with Crippen LogP contribution in [0.4, 0.5) is 5.82 Å². The van der Waals surface area contributed by atoms with Crippen molar-refractivity contribution in [2.24, 2.45) is 0 Å². The lowest BCUT2D eigenvalue weighted by molar-refractivity contribution is 0.411. The maximum atomic E-state index is 12.8. The number of anilines is 1. The highest BCUT2D eigenvalue weighted by Crippen LogP contribution is 2.31. The van der Waals surface area contributed by atoms with Crippen LogP contribution in [0.15, 0.2) is 58.0 Å². The number of ether oxygens (including phenoxy) is 2. The second kappa shape index (κ2) is 7.00. The number of benzene rings is 2. The van der Waals surface area contributed by atoms with E-state index in [2.05, 4.69) is 21.0 Å². The van der Waals surface area contributed by atoms with Crippen LogP contribution in [0.3, 0.4) is 0 Å². The summed E-state index contributed by atoms with van der Waals surface area (Å²) in [6.45, 7) is 0. The Bertz CT molecular complexity index is 1050. The Kier molecular flexibility index (Phi) is 4.92. The van der Waals surface area contributed by atoms with E-state index in [0.717, 1.165) is 9.65 Å². The highest BCUT2D eigenvalue weighted by Gasteiger charge is 2.22. The van der Waals surface area contributed by atoms with Gasteiger partial charge >= 0.3 is 0 Å². The smallest absolute Gasteiger partial charge is 0.283 e. The fourth-order valence-corrected chi connectivity index (χ4v) is 4.25. The molecule has 3 aromatic rings. The van der Waals surface area contributed by atoms with Crippen LogP contribution < -0.4 is 15.2 Å². The molecular weight excluding hydrogens is 422 g/mol. The first-order valence-electron chi connectivity index (χ1n) is 7.45. The number of methoxy groups -OCH3 is 2. The number of halogens is 1. The first kappa shape index (κ1) is 18.3. The Morgan fingerprint density at radius 1 is 1.08 bits per heavy atom. The van der Waals surface area contributed by atoms with Crippen molar-refractivity contribution < 1.29 is 17.9 Å². The molecule has 26 heavy (non-hydrogen) atoms. The van der Waals surface area contributed by atoms with Gasteiger partial charge in [-0.2, -0.15) is 12.5 Å². The fourth-order valence-electron chi connectivity index (χ4n) is 2.40. The minimum atomic E-state index is -3.89. The van der Waals surface area contributed by atoms with Crippen molar-refractivity contribution in [1.82, 2.24) is 9.19 Å². The van der Waals surface area contributed by atoms with E-state index < -0.39 is 10.0 Å². The molecule has 136 valence electrons. The summed E-state index contributed by atoms with van der Waals surface area (Å²) in [6.07, 6.45) is 1.39. The van der Waals surface area contributed by atoms with Crippen LogP contribution in [0.5, 0.6) is 11.5 Å². The predicted octanol–water partition coefficient (Wildman–Crippen LogP) is 3.15. The molecule has 7 nitrogen and oxygen atoms in total. The Hall–Kier alpha value is -2.52. The van der Waals surface area contributed by atoms with Gasteiger partial charge in [-0.05, 0) is 51.8 Å². The molecule has 3 rings (SSSR count). The molecule has 0 amide bonds. The molecular formula is C17H16BrN3O4S. The van der Waals surface area contributed by atoms with E-state index in [-0.39, 0.29) is 10.7 Å². The maximum Gasteiger partial charge on any atom is 0.283 e. The molecule has 2 N–H and O–H groups in total. The van der Waals surface area contributed by atoms with E-state index in [4.69, 9.17) is 15.2 Å². The van der Waals surface area contributed by atoms with Gasteiger partial charge in [0.1, 0.15) is 11.5 Å². The average molecular weight is 438 g/mol. The summed E-state index contributed by atoms with van der Waals surface area (Å²) in [5.41, 5.74) is 7.19. The lowest BCUT2D eigenvalue weighted by Gasteiger charge is -2.07. The Balaban J connectivity index is 2.02. The van der Waals surface area contributed by atoms with E-state index in [0.29, 0.717) is 21.5 Å². The molecule has 0 radical (unpaired) electrons. The Labute approximate surface area is 159 Å². The molecule has 0 aliphatic heterocycles. The Morgan fingerprint density at radius 2 is 1.77 bits per heavy atom. The van der Waals surface area contributed by atoms with Crippen molar-refractivity contribution in [3.63, 3.8) is 0 Å². The molecule has 0 aliphatic rings. The molecule has 9 heteroatoms. The number of rotatable bonds is 5. The quantitative estimate of drug-likeness (QED) is 0.658. The number of nitrogen functional groups attached to an aromatic ring is 1. The van der Waals surface area contributed by atoms with Gasteiger partial charge < -0.3 is 15.2 Å². The molecule has 1 aromatic heterocycles. The van der Waals surface area contributed by atoms with Gasteiger partial charge in [-0.25, -0.2) is 0 Å². The van der Waals surface area contributed by atoms with E-state index in [9.17, 15) is 8.42 Å². The summed E-state index contributed by atoms with van der Waals surface area (Å²) in [4.78, 5) is 0.0638. The monoisotopic (exact) mass is 437 g/mol. The predicted molar refractivity (Wildman–Crippen MR) is 102 cm³/mol. The molecule has 0 atom stereocenters. The average Bonchev–Trinajstić information content (AvgIpc) is 3.04. The second-order valence-corrected chi connectivity index (χ2v) is 7.98. The normalized spacial score (nSPS) is 11.3. The third kappa shape index (κ3) is 3.27. The van der Waals surface area contributed by atoms with Crippen molar-refractivity contribution in [1.29, 1.82) is 0 Å². The van der Waals surface area contributed by atoms with Crippen LogP contribution >= 0.6 is 15.9 Å². The van der Waals surface area contributed by atoms with Gasteiger partial charge in [0.15, 0.2) is 5.82 Å². The highest BCUT2D eigenvalue weighted by atomic mass is 79.9. The largest absolute Gasteiger partial charge is 0.497 e. The third-order valence-electron chi connectivity index (χ3n) is 3.79. The van der Waals surface area contributed by atoms with Gasteiger partial charge in [-0.1, -0.05) is 12.1 Å². The lowest BCUT2D eigenvalue weighted by Crippen LogP contribution is -2.14. The van der Waals surface area contributed by atoms with Gasteiger partial charge in [0.25, 0.3) is 10.0 Å². The number of aromatic nitrogens is 2. The number of hydrogen-bond acceptors (Lipinski definition) is 6.